The van der Waals surface area contributed by atoms with Crippen LogP contribution in [0.4, 0.5) is 22.0 Å². The van der Waals surface area contributed by atoms with E-state index in [2.05, 4.69) is 14.7 Å². The lowest BCUT2D eigenvalue weighted by atomic mass is 10.1. The van der Waals surface area contributed by atoms with Crippen molar-refractivity contribution in [2.75, 3.05) is 7.11 Å². The molecule has 1 N–H and O–H groups in total. The van der Waals surface area contributed by atoms with Gasteiger partial charge in [-0.3, -0.25) is 4.79 Å². The molecule has 3 rings (SSSR count). The van der Waals surface area contributed by atoms with Gasteiger partial charge in [-0.25, -0.2) is 9.78 Å². The molecule has 0 amide bonds. The van der Waals surface area contributed by atoms with Crippen LogP contribution in [0.1, 0.15) is 21.7 Å². The Bertz CT molecular complexity index is 1180. The molecule has 0 saturated heterocycles. The van der Waals surface area contributed by atoms with Gasteiger partial charge >= 0.3 is 18.8 Å². The van der Waals surface area contributed by atoms with Crippen molar-refractivity contribution in [2.45, 2.75) is 19.4 Å². The summed E-state index contributed by atoms with van der Waals surface area (Å²) < 4.78 is 77.5. The van der Waals surface area contributed by atoms with Crippen LogP contribution in [0.2, 0.25) is 0 Å². The van der Waals surface area contributed by atoms with Gasteiger partial charge in [0.15, 0.2) is 11.5 Å². The molecule has 0 unspecified atom stereocenters. The van der Waals surface area contributed by atoms with E-state index < -0.39 is 36.5 Å². The summed E-state index contributed by atoms with van der Waals surface area (Å²) in [5.74, 6) is -1.55. The van der Waals surface area contributed by atoms with E-state index in [1.807, 2.05) is 0 Å². The van der Waals surface area contributed by atoms with E-state index in [1.54, 1.807) is 0 Å². The predicted octanol–water partition coefficient (Wildman–Crippen LogP) is 3.91. The Labute approximate surface area is 170 Å². The van der Waals surface area contributed by atoms with Gasteiger partial charge in [-0.1, -0.05) is 0 Å². The van der Waals surface area contributed by atoms with E-state index in [1.165, 1.54) is 7.11 Å². The highest BCUT2D eigenvalue weighted by Crippen LogP contribution is 2.31. The molecule has 3 aromatic rings. The number of fused-ring (bicyclic) bond motifs is 1. The van der Waals surface area contributed by atoms with E-state index in [0.29, 0.717) is 6.07 Å². The summed E-state index contributed by atoms with van der Waals surface area (Å²) in [6, 6.07) is 5.79. The molecular weight excluding hydrogens is 431 g/mol. The number of esters is 1. The summed E-state index contributed by atoms with van der Waals surface area (Å²) >= 11 is 0. The number of nitrogens with zero attached hydrogens (tertiary/aromatic N) is 1. The van der Waals surface area contributed by atoms with Crippen LogP contribution in [0, 0.1) is 0 Å². The molecule has 31 heavy (non-hydrogen) atoms. The number of carbonyl (C=O) groups is 1. The smallest absolute Gasteiger partial charge is 0.416 e. The highest BCUT2D eigenvalue weighted by molar-refractivity contribution is 5.90. The zero-order valence-electron chi connectivity index (χ0n) is 15.6. The van der Waals surface area contributed by atoms with Crippen molar-refractivity contribution in [3.05, 3.63) is 63.7 Å². The molecule has 0 aliphatic heterocycles. The maximum atomic E-state index is 12.9. The number of halogens is 5. The first kappa shape index (κ1) is 22.0. The fourth-order valence-electron chi connectivity index (χ4n) is 2.64. The molecule has 0 aliphatic carbocycles. The molecule has 12 heteroatoms. The molecule has 0 spiro atoms. The SMILES string of the molecule is COc1cc(C(=O)OCc2nc3cc(C(F)(F)F)ccc3c(=O)[nH]2)ccc1OC(F)F. The van der Waals surface area contributed by atoms with Gasteiger partial charge < -0.3 is 19.2 Å². The Morgan fingerprint density at radius 1 is 1.13 bits per heavy atom. The first-order valence-corrected chi connectivity index (χ1v) is 8.48. The van der Waals surface area contributed by atoms with Gasteiger partial charge in [0.05, 0.1) is 29.1 Å². The van der Waals surface area contributed by atoms with Crippen LogP contribution >= 0.6 is 0 Å². The number of aromatic nitrogens is 2. The second kappa shape index (κ2) is 8.58. The number of hydrogen-bond acceptors (Lipinski definition) is 6. The number of H-pyrrole nitrogens is 1. The fourth-order valence-corrected chi connectivity index (χ4v) is 2.64. The lowest BCUT2D eigenvalue weighted by Gasteiger charge is -2.11. The molecule has 1 aromatic heterocycles. The van der Waals surface area contributed by atoms with Gasteiger partial charge in [0, 0.05) is 0 Å². The fraction of sp³-hybridized carbons (Fsp3) is 0.211. The summed E-state index contributed by atoms with van der Waals surface area (Å²) in [6.45, 7) is -3.65. The van der Waals surface area contributed by atoms with E-state index in [0.717, 1.165) is 30.3 Å². The van der Waals surface area contributed by atoms with Crippen molar-refractivity contribution in [3.63, 3.8) is 0 Å². The minimum Gasteiger partial charge on any atom is -0.493 e. The Hall–Kier alpha value is -3.70. The molecule has 0 aliphatic rings. The second-order valence-corrected chi connectivity index (χ2v) is 6.06. The molecule has 0 atom stereocenters. The van der Waals surface area contributed by atoms with Gasteiger partial charge in [-0.05, 0) is 36.4 Å². The standard InChI is InChI=1S/C19H13F5N2O5/c1-29-14-6-9(2-5-13(14)31-18(20)21)17(28)30-8-15-25-12-7-10(19(22,23)24)3-4-11(12)16(27)26-15/h2-7,18H,8H2,1H3,(H,25,26,27). The summed E-state index contributed by atoms with van der Waals surface area (Å²) in [7, 11) is 1.18. The molecule has 164 valence electrons. The summed E-state index contributed by atoms with van der Waals surface area (Å²) in [6.07, 6.45) is -4.62. The minimum absolute atomic E-state index is 0.0672. The highest BCUT2D eigenvalue weighted by Gasteiger charge is 2.30. The van der Waals surface area contributed by atoms with Crippen LogP contribution in [-0.2, 0) is 17.5 Å². The van der Waals surface area contributed by atoms with Crippen molar-refractivity contribution in [1.29, 1.82) is 0 Å². The lowest BCUT2D eigenvalue weighted by molar-refractivity contribution is -0.137. The average molecular weight is 444 g/mol. The molecule has 0 bridgehead atoms. The van der Waals surface area contributed by atoms with Crippen LogP contribution in [-0.4, -0.2) is 29.7 Å². The Morgan fingerprint density at radius 3 is 2.52 bits per heavy atom. The van der Waals surface area contributed by atoms with Gasteiger partial charge in [0.2, 0.25) is 0 Å². The van der Waals surface area contributed by atoms with Crippen molar-refractivity contribution in [3.8, 4) is 11.5 Å². The predicted molar refractivity (Wildman–Crippen MR) is 96.1 cm³/mol. The van der Waals surface area contributed by atoms with Crippen LogP contribution in [0.5, 0.6) is 11.5 Å². The van der Waals surface area contributed by atoms with Crippen molar-refractivity contribution in [2.24, 2.45) is 0 Å². The summed E-state index contributed by atoms with van der Waals surface area (Å²) in [5.41, 5.74) is -2.00. The average Bonchev–Trinajstić information content (AvgIpc) is 2.70. The normalized spacial score (nSPS) is 11.6. The summed E-state index contributed by atoms with van der Waals surface area (Å²) in [4.78, 5) is 30.5. The first-order valence-electron chi connectivity index (χ1n) is 8.48. The number of benzene rings is 2. The van der Waals surface area contributed by atoms with E-state index in [-0.39, 0.29) is 33.8 Å². The number of rotatable bonds is 6. The number of hydrogen-bond donors (Lipinski definition) is 1. The second-order valence-electron chi connectivity index (χ2n) is 6.06. The van der Waals surface area contributed by atoms with E-state index in [4.69, 9.17) is 9.47 Å². The number of nitrogens with one attached hydrogen (secondary N) is 1. The zero-order valence-corrected chi connectivity index (χ0v) is 15.6. The maximum Gasteiger partial charge on any atom is 0.416 e. The first-order chi connectivity index (χ1) is 14.6. The van der Waals surface area contributed by atoms with Crippen molar-refractivity contribution >= 4 is 16.9 Å². The van der Waals surface area contributed by atoms with Crippen LogP contribution in [0.15, 0.2) is 41.2 Å². The quantitative estimate of drug-likeness (QED) is 0.458. The topological polar surface area (TPSA) is 90.5 Å². The number of ether oxygens (including phenoxy) is 3. The van der Waals surface area contributed by atoms with Gasteiger partial charge in [-0.15, -0.1) is 0 Å². The van der Waals surface area contributed by atoms with Crippen LogP contribution < -0.4 is 15.0 Å². The largest absolute Gasteiger partial charge is 0.493 e. The van der Waals surface area contributed by atoms with Gasteiger partial charge in [-0.2, -0.15) is 22.0 Å². The number of alkyl halides is 5. The molecule has 2 aromatic carbocycles. The third-order valence-electron chi connectivity index (χ3n) is 4.04. The van der Waals surface area contributed by atoms with E-state index in [9.17, 15) is 31.5 Å². The molecule has 0 fully saturated rings. The Morgan fingerprint density at radius 2 is 1.87 bits per heavy atom. The molecule has 7 nitrogen and oxygen atoms in total. The van der Waals surface area contributed by atoms with E-state index >= 15 is 0 Å². The van der Waals surface area contributed by atoms with Crippen LogP contribution in [0.3, 0.4) is 0 Å². The number of aromatic amines is 1. The monoisotopic (exact) mass is 444 g/mol. The molecule has 0 saturated carbocycles. The molecule has 0 radical (unpaired) electrons. The summed E-state index contributed by atoms with van der Waals surface area (Å²) in [5, 5.41) is -0.0672. The Kier molecular flexibility index (Phi) is 6.09. The van der Waals surface area contributed by atoms with Gasteiger partial charge in [0.1, 0.15) is 12.4 Å². The highest BCUT2D eigenvalue weighted by atomic mass is 19.4. The molecule has 1 heterocycles. The molecular formula is C19H13F5N2O5. The van der Waals surface area contributed by atoms with Crippen LogP contribution in [0.25, 0.3) is 10.9 Å². The third kappa shape index (κ3) is 5.08. The number of methoxy groups -OCH3 is 1. The lowest BCUT2D eigenvalue weighted by Crippen LogP contribution is -2.15. The van der Waals surface area contributed by atoms with Gasteiger partial charge in [0.25, 0.3) is 5.56 Å². The zero-order chi connectivity index (χ0) is 22.8. The third-order valence-corrected chi connectivity index (χ3v) is 4.04. The Balaban J connectivity index is 1.80. The number of carbonyl (C=O) groups excluding carboxylic acids is 1. The van der Waals surface area contributed by atoms with Crippen molar-refractivity contribution in [1.82, 2.24) is 9.97 Å². The van der Waals surface area contributed by atoms with Crippen molar-refractivity contribution < 1.29 is 41.0 Å². The minimum atomic E-state index is -4.62. The maximum absolute atomic E-state index is 12.9.